The van der Waals surface area contributed by atoms with Crippen LogP contribution < -0.4 is 5.73 Å². The summed E-state index contributed by atoms with van der Waals surface area (Å²) in [7, 11) is 1.37. The maximum atomic E-state index is 10.7. The van der Waals surface area contributed by atoms with Gasteiger partial charge in [0.1, 0.15) is 17.9 Å². The number of phenols is 1. The monoisotopic (exact) mass is 211 g/mol. The number of nitrogens with two attached hydrogens (primary N) is 1. The number of phenolic OH excluding ortho intramolecular Hbond substituents is 1. The van der Waals surface area contributed by atoms with Gasteiger partial charge in [-0.15, -0.1) is 0 Å². The molecule has 0 bridgehead atoms. The molecule has 5 nitrogen and oxygen atoms in total. The zero-order valence-corrected chi connectivity index (χ0v) is 8.25. The van der Waals surface area contributed by atoms with Gasteiger partial charge in [-0.25, -0.2) is 0 Å². The van der Waals surface area contributed by atoms with Gasteiger partial charge in [0.05, 0.1) is 0 Å². The lowest BCUT2D eigenvalue weighted by Crippen LogP contribution is -2.37. The Morgan fingerprint density at radius 2 is 2.20 bits per heavy atom. The average molecular weight is 211 g/mol. The normalized spacial score (nSPS) is 14.5. The van der Waals surface area contributed by atoms with E-state index in [1.54, 1.807) is 12.1 Å². The molecule has 0 aliphatic rings. The van der Waals surface area contributed by atoms with Gasteiger partial charge in [-0.1, -0.05) is 12.1 Å². The molecule has 0 aliphatic heterocycles. The lowest BCUT2D eigenvalue weighted by Gasteiger charge is -2.19. The van der Waals surface area contributed by atoms with Crippen LogP contribution in [0.3, 0.4) is 0 Å². The molecular weight excluding hydrogens is 198 g/mol. The van der Waals surface area contributed by atoms with Crippen molar-refractivity contribution in [3.63, 3.8) is 0 Å². The largest absolute Gasteiger partial charge is 0.508 e. The van der Waals surface area contributed by atoms with Crippen LogP contribution in [-0.4, -0.2) is 29.3 Å². The first-order valence-electron chi connectivity index (χ1n) is 4.36. The number of hydrogen-bond donors (Lipinski definition) is 3. The Balaban J connectivity index is 2.97. The van der Waals surface area contributed by atoms with Gasteiger partial charge in [0.15, 0.2) is 0 Å². The number of hydrogen-bond acceptors (Lipinski definition) is 4. The van der Waals surface area contributed by atoms with Crippen LogP contribution in [0.2, 0.25) is 0 Å². The predicted octanol–water partition coefficient (Wildman–Crippen LogP) is 0.492. The van der Waals surface area contributed by atoms with Gasteiger partial charge >= 0.3 is 5.97 Å². The summed E-state index contributed by atoms with van der Waals surface area (Å²) in [6, 6.07) is 5.01. The van der Waals surface area contributed by atoms with Gasteiger partial charge in [-0.3, -0.25) is 4.79 Å². The molecule has 0 saturated heterocycles. The SMILES string of the molecule is COC(c1cccc(O)c1)C(N)C(=O)O. The third-order valence-corrected chi connectivity index (χ3v) is 2.06. The summed E-state index contributed by atoms with van der Waals surface area (Å²) in [5.41, 5.74) is 5.98. The quantitative estimate of drug-likeness (QED) is 0.674. The van der Waals surface area contributed by atoms with E-state index in [0.29, 0.717) is 5.56 Å². The van der Waals surface area contributed by atoms with Crippen molar-refractivity contribution in [1.82, 2.24) is 0 Å². The van der Waals surface area contributed by atoms with Gasteiger partial charge in [-0.05, 0) is 17.7 Å². The molecule has 0 spiro atoms. The second-order valence-electron chi connectivity index (χ2n) is 3.12. The molecule has 82 valence electrons. The number of carboxylic acids is 1. The summed E-state index contributed by atoms with van der Waals surface area (Å²) >= 11 is 0. The molecule has 0 fully saturated rings. The molecule has 0 radical (unpaired) electrons. The average Bonchev–Trinajstić information content (AvgIpc) is 2.18. The molecule has 2 unspecified atom stereocenters. The van der Waals surface area contributed by atoms with Crippen molar-refractivity contribution in [2.75, 3.05) is 7.11 Å². The third kappa shape index (κ3) is 2.68. The Bertz CT molecular complexity index is 353. The van der Waals surface area contributed by atoms with Crippen molar-refractivity contribution >= 4 is 5.97 Å². The van der Waals surface area contributed by atoms with Crippen LogP contribution >= 0.6 is 0 Å². The molecule has 5 heteroatoms. The molecule has 0 aromatic heterocycles. The second-order valence-corrected chi connectivity index (χ2v) is 3.12. The first kappa shape index (κ1) is 11.5. The van der Waals surface area contributed by atoms with Gasteiger partial charge in [0, 0.05) is 7.11 Å². The van der Waals surface area contributed by atoms with Crippen molar-refractivity contribution in [3.05, 3.63) is 29.8 Å². The van der Waals surface area contributed by atoms with Crippen LogP contribution in [0.1, 0.15) is 11.7 Å². The molecular formula is C10H13NO4. The van der Waals surface area contributed by atoms with E-state index < -0.39 is 18.1 Å². The second kappa shape index (κ2) is 4.77. The minimum absolute atomic E-state index is 0.0483. The Kier molecular flexibility index (Phi) is 3.65. The smallest absolute Gasteiger partial charge is 0.323 e. The highest BCUT2D eigenvalue weighted by Crippen LogP contribution is 2.23. The van der Waals surface area contributed by atoms with E-state index in [4.69, 9.17) is 15.6 Å². The van der Waals surface area contributed by atoms with Crippen LogP contribution in [0.5, 0.6) is 5.75 Å². The summed E-state index contributed by atoms with van der Waals surface area (Å²) in [5.74, 6) is -1.10. The summed E-state index contributed by atoms with van der Waals surface area (Å²) in [6.07, 6.45) is -0.769. The summed E-state index contributed by atoms with van der Waals surface area (Å²) in [4.78, 5) is 10.7. The fraction of sp³-hybridized carbons (Fsp3) is 0.300. The van der Waals surface area contributed by atoms with E-state index >= 15 is 0 Å². The summed E-state index contributed by atoms with van der Waals surface area (Å²) in [5, 5.41) is 18.0. The van der Waals surface area contributed by atoms with E-state index in [2.05, 4.69) is 0 Å². The van der Waals surface area contributed by atoms with Crippen molar-refractivity contribution in [1.29, 1.82) is 0 Å². The standard InChI is InChI=1S/C10H13NO4/c1-15-9(8(11)10(13)14)6-3-2-4-7(12)5-6/h2-5,8-9,12H,11H2,1H3,(H,13,14). The van der Waals surface area contributed by atoms with Crippen molar-refractivity contribution < 1.29 is 19.7 Å². The van der Waals surface area contributed by atoms with Crippen LogP contribution in [0.25, 0.3) is 0 Å². The zero-order valence-electron chi connectivity index (χ0n) is 8.25. The van der Waals surface area contributed by atoms with Crippen LogP contribution in [0, 0.1) is 0 Å². The van der Waals surface area contributed by atoms with E-state index in [9.17, 15) is 9.90 Å². The Morgan fingerprint density at radius 3 is 2.67 bits per heavy atom. The van der Waals surface area contributed by atoms with Gasteiger partial charge in [0.2, 0.25) is 0 Å². The van der Waals surface area contributed by atoms with Crippen molar-refractivity contribution in [2.24, 2.45) is 5.73 Å². The summed E-state index contributed by atoms with van der Waals surface area (Å²) in [6.45, 7) is 0. The van der Waals surface area contributed by atoms with Crippen molar-refractivity contribution in [2.45, 2.75) is 12.1 Å². The van der Waals surface area contributed by atoms with Crippen LogP contribution in [0.4, 0.5) is 0 Å². The Hall–Kier alpha value is -1.59. The van der Waals surface area contributed by atoms with Gasteiger partial charge in [0.25, 0.3) is 0 Å². The van der Waals surface area contributed by atoms with E-state index in [1.807, 2.05) is 0 Å². The zero-order chi connectivity index (χ0) is 11.4. The molecule has 0 aliphatic carbocycles. The van der Waals surface area contributed by atoms with E-state index in [1.165, 1.54) is 19.2 Å². The number of rotatable bonds is 4. The molecule has 4 N–H and O–H groups in total. The third-order valence-electron chi connectivity index (χ3n) is 2.06. The minimum atomic E-state index is -1.16. The molecule has 1 aromatic carbocycles. The predicted molar refractivity (Wildman–Crippen MR) is 53.5 cm³/mol. The molecule has 1 aromatic rings. The van der Waals surface area contributed by atoms with E-state index in [0.717, 1.165) is 0 Å². The highest BCUT2D eigenvalue weighted by Gasteiger charge is 2.25. The van der Waals surface area contributed by atoms with Gasteiger partial charge in [-0.2, -0.15) is 0 Å². The Labute approximate surface area is 87.1 Å². The highest BCUT2D eigenvalue weighted by molar-refractivity contribution is 5.74. The molecule has 0 amide bonds. The first-order valence-corrected chi connectivity index (χ1v) is 4.36. The lowest BCUT2D eigenvalue weighted by molar-refractivity contribution is -0.142. The first-order chi connectivity index (χ1) is 7.06. The van der Waals surface area contributed by atoms with E-state index in [-0.39, 0.29) is 5.75 Å². The van der Waals surface area contributed by atoms with Crippen LogP contribution in [0.15, 0.2) is 24.3 Å². The number of benzene rings is 1. The molecule has 2 atom stereocenters. The molecule has 15 heavy (non-hydrogen) atoms. The minimum Gasteiger partial charge on any atom is -0.508 e. The maximum Gasteiger partial charge on any atom is 0.323 e. The fourth-order valence-corrected chi connectivity index (χ4v) is 1.32. The Morgan fingerprint density at radius 1 is 1.53 bits per heavy atom. The highest BCUT2D eigenvalue weighted by atomic mass is 16.5. The van der Waals surface area contributed by atoms with Crippen LogP contribution in [-0.2, 0) is 9.53 Å². The molecule has 0 saturated carbocycles. The van der Waals surface area contributed by atoms with Crippen molar-refractivity contribution in [3.8, 4) is 5.75 Å². The topological polar surface area (TPSA) is 92.8 Å². The molecule has 1 rings (SSSR count). The maximum absolute atomic E-state index is 10.7. The number of carboxylic acid groups (broad SMARTS) is 1. The summed E-state index contributed by atoms with van der Waals surface area (Å²) < 4.78 is 5.00. The lowest BCUT2D eigenvalue weighted by atomic mass is 10.0. The number of methoxy groups -OCH3 is 1. The number of aromatic hydroxyl groups is 1. The number of ether oxygens (including phenoxy) is 1. The number of aliphatic carboxylic acids is 1. The molecule has 0 heterocycles. The number of carbonyl (C=O) groups is 1. The van der Waals surface area contributed by atoms with Gasteiger partial charge < -0.3 is 20.7 Å². The fourth-order valence-electron chi connectivity index (χ4n) is 1.32.